The monoisotopic (exact) mass is 262 g/mol. The van der Waals surface area contributed by atoms with E-state index in [9.17, 15) is 0 Å². The van der Waals surface area contributed by atoms with E-state index in [2.05, 4.69) is 15.0 Å². The van der Waals surface area contributed by atoms with Crippen molar-refractivity contribution < 1.29 is 4.42 Å². The van der Waals surface area contributed by atoms with Crippen molar-refractivity contribution in [2.75, 3.05) is 43.2 Å². The van der Waals surface area contributed by atoms with E-state index >= 15 is 0 Å². The Hall–Kier alpha value is -2.31. The molecule has 2 heterocycles. The van der Waals surface area contributed by atoms with Gasteiger partial charge < -0.3 is 20.0 Å². The number of aromatic nitrogens is 3. The summed E-state index contributed by atoms with van der Waals surface area (Å²) in [5.74, 6) is 1.35. The lowest BCUT2D eigenvalue weighted by Crippen LogP contribution is -2.25. The van der Waals surface area contributed by atoms with E-state index in [1.54, 1.807) is 17.4 Å². The normalized spacial score (nSPS) is 10.5. The predicted molar refractivity (Wildman–Crippen MR) is 74.2 cm³/mol. The van der Waals surface area contributed by atoms with Crippen molar-refractivity contribution in [3.05, 3.63) is 24.2 Å². The molecule has 102 valence electrons. The smallest absolute Gasteiger partial charge is 0.231 e. The Labute approximate surface area is 112 Å². The summed E-state index contributed by atoms with van der Waals surface area (Å²) in [4.78, 5) is 16.3. The molecule has 0 spiro atoms. The molecule has 2 aromatic rings. The fraction of sp³-hybridized carbons (Fsp3) is 0.417. The summed E-state index contributed by atoms with van der Waals surface area (Å²) in [5.41, 5.74) is 6.84. The molecule has 0 aliphatic heterocycles. The van der Waals surface area contributed by atoms with Gasteiger partial charge in [0.1, 0.15) is 0 Å². The van der Waals surface area contributed by atoms with Gasteiger partial charge in [-0.25, -0.2) is 0 Å². The summed E-state index contributed by atoms with van der Waals surface area (Å²) < 4.78 is 5.04. The number of nitrogens with zero attached hydrogens (tertiary/aromatic N) is 5. The average Bonchev–Trinajstić information content (AvgIpc) is 2.88. The number of hydrogen-bond donors (Lipinski definition) is 1. The molecule has 2 aromatic heterocycles. The highest BCUT2D eigenvalue weighted by Gasteiger charge is 2.10. The molecule has 0 amide bonds. The first-order valence-electron chi connectivity index (χ1n) is 5.97. The van der Waals surface area contributed by atoms with Crippen molar-refractivity contribution in [3.63, 3.8) is 0 Å². The topological polar surface area (TPSA) is 84.3 Å². The second-order valence-electron chi connectivity index (χ2n) is 4.49. The molecule has 0 radical (unpaired) electrons. The van der Waals surface area contributed by atoms with Crippen molar-refractivity contribution in [1.29, 1.82) is 0 Å². The molecule has 19 heavy (non-hydrogen) atoms. The third kappa shape index (κ3) is 3.34. The molecule has 0 bridgehead atoms. The molecule has 0 atom stereocenters. The summed E-state index contributed by atoms with van der Waals surface area (Å²) in [5, 5.41) is 0. The van der Waals surface area contributed by atoms with Crippen LogP contribution in [0.3, 0.4) is 0 Å². The zero-order valence-corrected chi connectivity index (χ0v) is 11.4. The molecule has 7 heteroatoms. The molecule has 0 unspecified atom stereocenters. The van der Waals surface area contributed by atoms with E-state index < -0.39 is 0 Å². The maximum Gasteiger partial charge on any atom is 0.231 e. The number of likely N-dealkylation sites (N-methyl/N-ethyl adjacent to an activating group) is 1. The van der Waals surface area contributed by atoms with E-state index in [4.69, 9.17) is 10.2 Å². The van der Waals surface area contributed by atoms with E-state index in [1.807, 2.05) is 32.1 Å². The predicted octanol–water partition coefficient (Wildman–Crippen LogP) is 0.792. The van der Waals surface area contributed by atoms with Gasteiger partial charge in [0.25, 0.3) is 0 Å². The molecule has 0 saturated carbocycles. The van der Waals surface area contributed by atoms with Crippen LogP contribution in [-0.2, 0) is 6.42 Å². The number of nitrogens with two attached hydrogens (primary N) is 1. The van der Waals surface area contributed by atoms with Crippen molar-refractivity contribution >= 4 is 17.8 Å². The molecule has 2 rings (SSSR count). The van der Waals surface area contributed by atoms with Gasteiger partial charge in [-0.05, 0) is 18.1 Å². The van der Waals surface area contributed by atoms with Gasteiger partial charge in [0.05, 0.1) is 12.5 Å². The molecule has 0 saturated heterocycles. The second kappa shape index (κ2) is 5.55. The Morgan fingerprint density at radius 1 is 1.16 bits per heavy atom. The number of anilines is 3. The molecule has 0 aliphatic rings. The molecule has 2 N–H and O–H groups in total. The van der Waals surface area contributed by atoms with Crippen LogP contribution in [0.4, 0.5) is 17.8 Å². The first-order valence-corrected chi connectivity index (χ1v) is 5.97. The molecular formula is C12H18N6O. The highest BCUT2D eigenvalue weighted by atomic mass is 16.3. The van der Waals surface area contributed by atoms with Crippen LogP contribution in [0.5, 0.6) is 0 Å². The molecule has 0 fully saturated rings. The van der Waals surface area contributed by atoms with Crippen LogP contribution in [-0.4, -0.2) is 42.6 Å². The minimum absolute atomic E-state index is 0.226. The lowest BCUT2D eigenvalue weighted by molar-refractivity contribution is 0.563. The Bertz CT molecular complexity index is 525. The summed E-state index contributed by atoms with van der Waals surface area (Å²) in [6.45, 7) is 0.774. The largest absolute Gasteiger partial charge is 0.472 e. The van der Waals surface area contributed by atoms with Crippen LogP contribution in [0.2, 0.25) is 0 Å². The summed E-state index contributed by atoms with van der Waals surface area (Å²) >= 11 is 0. The summed E-state index contributed by atoms with van der Waals surface area (Å²) in [7, 11) is 5.66. The van der Waals surface area contributed by atoms with Crippen LogP contribution >= 0.6 is 0 Å². The Morgan fingerprint density at radius 3 is 2.53 bits per heavy atom. The van der Waals surface area contributed by atoms with Gasteiger partial charge >= 0.3 is 0 Å². The lowest BCUT2D eigenvalue weighted by atomic mass is 10.2. The highest BCUT2D eigenvalue weighted by molar-refractivity contribution is 5.42. The molecule has 0 aromatic carbocycles. The van der Waals surface area contributed by atoms with Crippen LogP contribution in [0.1, 0.15) is 5.56 Å². The molecular weight excluding hydrogens is 244 g/mol. The second-order valence-corrected chi connectivity index (χ2v) is 4.49. The third-order valence-corrected chi connectivity index (χ3v) is 2.69. The molecule has 0 aliphatic carbocycles. The van der Waals surface area contributed by atoms with Gasteiger partial charge in [-0.15, -0.1) is 0 Å². The maximum absolute atomic E-state index is 5.70. The first-order chi connectivity index (χ1) is 9.06. The van der Waals surface area contributed by atoms with E-state index in [-0.39, 0.29) is 5.95 Å². The Kier molecular flexibility index (Phi) is 3.84. The number of furan rings is 1. The fourth-order valence-electron chi connectivity index (χ4n) is 1.57. The van der Waals surface area contributed by atoms with Gasteiger partial charge in [0.2, 0.25) is 17.8 Å². The highest BCUT2D eigenvalue weighted by Crippen LogP contribution is 2.13. The van der Waals surface area contributed by atoms with Gasteiger partial charge in [0, 0.05) is 27.7 Å². The zero-order chi connectivity index (χ0) is 13.8. The number of nitrogen functional groups attached to an aromatic ring is 1. The van der Waals surface area contributed by atoms with E-state index in [0.717, 1.165) is 18.5 Å². The van der Waals surface area contributed by atoms with Crippen LogP contribution < -0.4 is 15.5 Å². The Morgan fingerprint density at radius 2 is 1.89 bits per heavy atom. The first kappa shape index (κ1) is 13.1. The van der Waals surface area contributed by atoms with Crippen molar-refractivity contribution in [3.8, 4) is 0 Å². The SMILES string of the molecule is CN(C)c1nc(N)nc(N(C)CCc2ccoc2)n1. The molecule has 7 nitrogen and oxygen atoms in total. The fourth-order valence-corrected chi connectivity index (χ4v) is 1.57. The van der Waals surface area contributed by atoms with E-state index in [1.165, 1.54) is 0 Å². The van der Waals surface area contributed by atoms with Crippen LogP contribution in [0, 0.1) is 0 Å². The minimum atomic E-state index is 0.226. The zero-order valence-electron chi connectivity index (χ0n) is 11.4. The van der Waals surface area contributed by atoms with Crippen LogP contribution in [0.25, 0.3) is 0 Å². The third-order valence-electron chi connectivity index (χ3n) is 2.69. The Balaban J connectivity index is 2.07. The van der Waals surface area contributed by atoms with Crippen molar-refractivity contribution in [1.82, 2.24) is 15.0 Å². The maximum atomic E-state index is 5.70. The van der Waals surface area contributed by atoms with Gasteiger partial charge in [0.15, 0.2) is 0 Å². The number of hydrogen-bond acceptors (Lipinski definition) is 7. The average molecular weight is 262 g/mol. The minimum Gasteiger partial charge on any atom is -0.472 e. The van der Waals surface area contributed by atoms with Gasteiger partial charge in [-0.3, -0.25) is 0 Å². The quantitative estimate of drug-likeness (QED) is 0.852. The standard InChI is InChI=1S/C12H18N6O/c1-17(2)11-14-10(13)15-12(16-11)18(3)6-4-9-5-7-19-8-9/h5,7-8H,4,6H2,1-3H3,(H2,13,14,15,16). The van der Waals surface area contributed by atoms with Crippen molar-refractivity contribution in [2.45, 2.75) is 6.42 Å². The summed E-state index contributed by atoms with van der Waals surface area (Å²) in [6.07, 6.45) is 4.26. The van der Waals surface area contributed by atoms with Gasteiger partial charge in [-0.1, -0.05) is 0 Å². The lowest BCUT2D eigenvalue weighted by Gasteiger charge is -2.18. The number of rotatable bonds is 5. The summed E-state index contributed by atoms with van der Waals surface area (Å²) in [6, 6.07) is 1.95. The van der Waals surface area contributed by atoms with Crippen LogP contribution in [0.15, 0.2) is 23.0 Å². The van der Waals surface area contributed by atoms with Crippen molar-refractivity contribution in [2.24, 2.45) is 0 Å². The van der Waals surface area contributed by atoms with Gasteiger partial charge in [-0.2, -0.15) is 15.0 Å². The van der Waals surface area contributed by atoms with E-state index in [0.29, 0.717) is 11.9 Å².